The smallest absolute Gasteiger partial charge is 0.416 e. The number of amides is 1. The third-order valence-electron chi connectivity index (χ3n) is 4.23. The van der Waals surface area contributed by atoms with Crippen LogP contribution in [0.5, 0.6) is 0 Å². The van der Waals surface area contributed by atoms with Crippen molar-refractivity contribution in [1.82, 2.24) is 15.5 Å². The van der Waals surface area contributed by atoms with Gasteiger partial charge in [-0.2, -0.15) is 13.2 Å². The largest absolute Gasteiger partial charge is 0.444 e. The Morgan fingerprint density at radius 3 is 2.53 bits per heavy atom. The van der Waals surface area contributed by atoms with Crippen molar-refractivity contribution >= 4 is 36.0 Å². The summed E-state index contributed by atoms with van der Waals surface area (Å²) in [6.45, 7) is 6.14. The molecule has 1 amide bonds. The molecule has 30 heavy (non-hydrogen) atoms. The molecule has 2 N–H and O–H groups in total. The molecule has 0 spiro atoms. The number of carbonyl (C=O) groups excluding carboxylic acids is 1. The van der Waals surface area contributed by atoms with Crippen LogP contribution in [0.4, 0.5) is 22.4 Å². The molecule has 1 aromatic rings. The van der Waals surface area contributed by atoms with Crippen molar-refractivity contribution in [3.63, 3.8) is 0 Å². The van der Waals surface area contributed by atoms with Crippen molar-refractivity contribution in [2.24, 2.45) is 4.99 Å². The van der Waals surface area contributed by atoms with Crippen molar-refractivity contribution in [1.29, 1.82) is 0 Å². The Morgan fingerprint density at radius 1 is 1.30 bits per heavy atom. The molecule has 0 aromatic heterocycles. The number of alkyl carbamates (subject to hydrolysis) is 1. The maximum Gasteiger partial charge on any atom is 0.416 e. The predicted octanol–water partition coefficient (Wildman–Crippen LogP) is 4.14. The zero-order valence-corrected chi connectivity index (χ0v) is 19.6. The fourth-order valence-corrected chi connectivity index (χ4v) is 3.02. The molecular formula is C19H27F4IN4O2. The maximum atomic E-state index is 13.2. The van der Waals surface area contributed by atoms with E-state index in [1.54, 1.807) is 20.8 Å². The van der Waals surface area contributed by atoms with E-state index < -0.39 is 29.3 Å². The quantitative estimate of drug-likeness (QED) is 0.259. The van der Waals surface area contributed by atoms with Gasteiger partial charge in [0.25, 0.3) is 0 Å². The summed E-state index contributed by atoms with van der Waals surface area (Å²) in [4.78, 5) is 17.8. The third-order valence-corrected chi connectivity index (χ3v) is 4.23. The first-order chi connectivity index (χ1) is 13.4. The Morgan fingerprint density at radius 2 is 1.97 bits per heavy atom. The van der Waals surface area contributed by atoms with Crippen LogP contribution in [0.1, 0.15) is 38.3 Å². The van der Waals surface area contributed by atoms with Gasteiger partial charge in [0.2, 0.25) is 0 Å². The number of likely N-dealkylation sites (tertiary alicyclic amines) is 1. The molecule has 1 fully saturated rings. The summed E-state index contributed by atoms with van der Waals surface area (Å²) in [7, 11) is 1.52. The number of halogens is 5. The van der Waals surface area contributed by atoms with E-state index in [-0.39, 0.29) is 42.1 Å². The van der Waals surface area contributed by atoms with Gasteiger partial charge in [-0.15, -0.1) is 24.0 Å². The maximum absolute atomic E-state index is 13.2. The second-order valence-electron chi connectivity index (χ2n) is 7.78. The first-order valence-corrected chi connectivity index (χ1v) is 9.20. The van der Waals surface area contributed by atoms with Crippen LogP contribution >= 0.6 is 24.0 Å². The number of alkyl halides is 3. The van der Waals surface area contributed by atoms with Crippen LogP contribution in [-0.2, 0) is 17.5 Å². The topological polar surface area (TPSA) is 66.0 Å². The predicted molar refractivity (Wildman–Crippen MR) is 116 cm³/mol. The zero-order chi connectivity index (χ0) is 21.8. The van der Waals surface area contributed by atoms with Gasteiger partial charge in [-0.1, -0.05) is 6.07 Å². The van der Waals surface area contributed by atoms with E-state index in [1.807, 2.05) is 4.90 Å². The molecule has 1 aromatic carbocycles. The first kappa shape index (κ1) is 26.2. The second kappa shape index (κ2) is 10.5. The summed E-state index contributed by atoms with van der Waals surface area (Å²) >= 11 is 0. The van der Waals surface area contributed by atoms with Crippen LogP contribution in [0.15, 0.2) is 23.2 Å². The molecule has 11 heteroatoms. The molecule has 1 aliphatic heterocycles. The first-order valence-electron chi connectivity index (χ1n) is 9.20. The van der Waals surface area contributed by atoms with Crippen molar-refractivity contribution in [3.05, 3.63) is 35.1 Å². The Bertz CT molecular complexity index is 766. The van der Waals surface area contributed by atoms with E-state index in [2.05, 4.69) is 15.6 Å². The number of ether oxygens (including phenoxy) is 1. The molecule has 0 aliphatic carbocycles. The lowest BCUT2D eigenvalue weighted by Gasteiger charge is -2.24. The number of benzene rings is 1. The summed E-state index contributed by atoms with van der Waals surface area (Å²) in [5.41, 5.74) is -1.71. The van der Waals surface area contributed by atoms with Crippen LogP contribution in [0.25, 0.3) is 0 Å². The minimum atomic E-state index is -4.65. The SMILES string of the molecule is CN=C(NCc1ccc(F)cc1C(F)(F)F)N1CCC(NC(=O)OC(C)(C)C)C1.I. The molecule has 1 aliphatic rings. The average molecular weight is 546 g/mol. The molecule has 0 bridgehead atoms. The van der Waals surface area contributed by atoms with E-state index in [0.29, 0.717) is 31.5 Å². The molecule has 2 rings (SSSR count). The third kappa shape index (κ3) is 7.80. The number of rotatable bonds is 3. The molecule has 1 unspecified atom stereocenters. The van der Waals surface area contributed by atoms with Crippen LogP contribution in [-0.4, -0.2) is 48.7 Å². The van der Waals surface area contributed by atoms with Crippen molar-refractivity contribution in [3.8, 4) is 0 Å². The van der Waals surface area contributed by atoms with Gasteiger partial charge in [0.15, 0.2) is 5.96 Å². The van der Waals surface area contributed by atoms with Crippen LogP contribution in [0.3, 0.4) is 0 Å². The number of hydrogen-bond acceptors (Lipinski definition) is 3. The van der Waals surface area contributed by atoms with E-state index in [1.165, 1.54) is 7.05 Å². The molecule has 1 saturated heterocycles. The molecule has 1 atom stereocenters. The fraction of sp³-hybridized carbons (Fsp3) is 0.579. The molecule has 0 saturated carbocycles. The van der Waals surface area contributed by atoms with Crippen molar-refractivity contribution in [2.75, 3.05) is 20.1 Å². The molecule has 6 nitrogen and oxygen atoms in total. The normalized spacial score (nSPS) is 17.4. The van der Waals surface area contributed by atoms with Gasteiger partial charge in [0.1, 0.15) is 11.4 Å². The van der Waals surface area contributed by atoms with Crippen LogP contribution < -0.4 is 10.6 Å². The molecular weight excluding hydrogens is 519 g/mol. The van der Waals surface area contributed by atoms with E-state index in [9.17, 15) is 22.4 Å². The summed E-state index contributed by atoms with van der Waals surface area (Å²) in [6, 6.07) is 2.41. The van der Waals surface area contributed by atoms with E-state index in [0.717, 1.165) is 12.1 Å². The number of hydrogen-bond donors (Lipinski definition) is 2. The number of aliphatic imine (C=N–C) groups is 1. The molecule has 170 valence electrons. The highest BCUT2D eigenvalue weighted by molar-refractivity contribution is 14.0. The highest BCUT2D eigenvalue weighted by Crippen LogP contribution is 2.32. The number of nitrogens with zero attached hydrogens (tertiary/aromatic N) is 2. The summed E-state index contributed by atoms with van der Waals surface area (Å²) in [5.74, 6) is -0.544. The summed E-state index contributed by atoms with van der Waals surface area (Å²) in [5, 5.41) is 5.66. The van der Waals surface area contributed by atoms with E-state index >= 15 is 0 Å². The Hall–Kier alpha value is -1.79. The van der Waals surface area contributed by atoms with Gasteiger partial charge in [-0.25, -0.2) is 9.18 Å². The lowest BCUT2D eigenvalue weighted by atomic mass is 10.1. The Labute approximate surface area is 190 Å². The Kier molecular flexibility index (Phi) is 9.18. The minimum absolute atomic E-state index is 0. The lowest BCUT2D eigenvalue weighted by molar-refractivity contribution is -0.138. The highest BCUT2D eigenvalue weighted by atomic mass is 127. The fourth-order valence-electron chi connectivity index (χ4n) is 3.02. The van der Waals surface area contributed by atoms with Gasteiger partial charge in [0, 0.05) is 26.7 Å². The summed E-state index contributed by atoms with van der Waals surface area (Å²) in [6.07, 6.45) is -4.53. The molecule has 0 radical (unpaired) electrons. The Balaban J connectivity index is 0.00000450. The van der Waals surface area contributed by atoms with Gasteiger partial charge < -0.3 is 20.3 Å². The van der Waals surface area contributed by atoms with Gasteiger partial charge in [-0.3, -0.25) is 4.99 Å². The second-order valence-corrected chi connectivity index (χ2v) is 7.78. The van der Waals surface area contributed by atoms with Crippen LogP contribution in [0, 0.1) is 5.82 Å². The minimum Gasteiger partial charge on any atom is -0.444 e. The summed E-state index contributed by atoms with van der Waals surface area (Å²) < 4.78 is 57.9. The lowest BCUT2D eigenvalue weighted by Crippen LogP contribution is -2.44. The van der Waals surface area contributed by atoms with Crippen molar-refractivity contribution in [2.45, 2.75) is 51.6 Å². The number of carbonyl (C=O) groups is 1. The highest BCUT2D eigenvalue weighted by Gasteiger charge is 2.34. The number of guanidine groups is 1. The zero-order valence-electron chi connectivity index (χ0n) is 17.3. The standard InChI is InChI=1S/C19H26F4N4O2.HI/c1-18(2,3)29-17(28)26-14-7-8-27(11-14)16(24-4)25-10-12-5-6-13(20)9-15(12)19(21,22)23;/h5-6,9,14H,7-8,10-11H2,1-4H3,(H,24,25)(H,26,28);1H. The number of nitrogens with one attached hydrogen (secondary N) is 2. The monoisotopic (exact) mass is 546 g/mol. The van der Waals surface area contributed by atoms with Crippen molar-refractivity contribution < 1.29 is 27.1 Å². The van der Waals surface area contributed by atoms with Gasteiger partial charge in [-0.05, 0) is 44.9 Å². The van der Waals surface area contributed by atoms with E-state index in [4.69, 9.17) is 4.74 Å². The van der Waals surface area contributed by atoms with Gasteiger partial charge >= 0.3 is 12.3 Å². The molecule has 1 heterocycles. The average Bonchev–Trinajstić information content (AvgIpc) is 3.02. The van der Waals surface area contributed by atoms with Gasteiger partial charge in [0.05, 0.1) is 11.6 Å². The van der Waals surface area contributed by atoms with Crippen LogP contribution in [0.2, 0.25) is 0 Å².